The Morgan fingerprint density at radius 3 is 3.00 bits per heavy atom. The Morgan fingerprint density at radius 1 is 1.53 bits per heavy atom. The van der Waals surface area contributed by atoms with Crippen LogP contribution in [0.3, 0.4) is 0 Å². The van der Waals surface area contributed by atoms with Crippen LogP contribution in [-0.2, 0) is 9.53 Å². The molecule has 0 bridgehead atoms. The van der Waals surface area contributed by atoms with Crippen molar-refractivity contribution in [3.05, 3.63) is 12.4 Å². The Morgan fingerprint density at radius 2 is 2.33 bits per heavy atom. The van der Waals surface area contributed by atoms with Gasteiger partial charge in [0.2, 0.25) is 5.91 Å². The average molecular weight is 213 g/mol. The van der Waals surface area contributed by atoms with Crippen LogP contribution >= 0.6 is 0 Å². The highest BCUT2D eigenvalue weighted by molar-refractivity contribution is 5.89. The molecule has 0 saturated heterocycles. The Labute approximate surface area is 90.6 Å². The van der Waals surface area contributed by atoms with Crippen molar-refractivity contribution in [2.45, 2.75) is 12.8 Å². The topological polar surface area (TPSA) is 62.7 Å². The zero-order valence-electron chi connectivity index (χ0n) is 9.32. The summed E-state index contributed by atoms with van der Waals surface area (Å²) in [7, 11) is 3.28. The SMILES string of the molecule is CNC(=O)C/C=N\C=C\NCCCOC. The summed E-state index contributed by atoms with van der Waals surface area (Å²) in [4.78, 5) is 14.7. The van der Waals surface area contributed by atoms with Crippen molar-refractivity contribution in [2.24, 2.45) is 4.99 Å². The summed E-state index contributed by atoms with van der Waals surface area (Å²) in [5, 5.41) is 5.55. The van der Waals surface area contributed by atoms with Gasteiger partial charge in [0.25, 0.3) is 0 Å². The second-order valence-corrected chi connectivity index (χ2v) is 2.83. The zero-order valence-corrected chi connectivity index (χ0v) is 9.32. The van der Waals surface area contributed by atoms with Gasteiger partial charge in [0, 0.05) is 45.9 Å². The van der Waals surface area contributed by atoms with Gasteiger partial charge in [-0.3, -0.25) is 9.79 Å². The smallest absolute Gasteiger partial charge is 0.225 e. The first-order valence-electron chi connectivity index (χ1n) is 4.90. The van der Waals surface area contributed by atoms with E-state index in [9.17, 15) is 4.79 Å². The number of carbonyl (C=O) groups excluding carboxylic acids is 1. The molecule has 0 unspecified atom stereocenters. The third-order valence-electron chi connectivity index (χ3n) is 1.61. The van der Waals surface area contributed by atoms with E-state index in [0.717, 1.165) is 19.6 Å². The molecular weight excluding hydrogens is 194 g/mol. The number of aliphatic imine (C=N–C) groups is 1. The lowest BCUT2D eigenvalue weighted by molar-refractivity contribution is -0.119. The highest BCUT2D eigenvalue weighted by Crippen LogP contribution is 1.79. The highest BCUT2D eigenvalue weighted by Gasteiger charge is 1.90. The van der Waals surface area contributed by atoms with Gasteiger partial charge < -0.3 is 15.4 Å². The first kappa shape index (κ1) is 13.6. The monoisotopic (exact) mass is 213 g/mol. The predicted molar refractivity (Wildman–Crippen MR) is 60.8 cm³/mol. The maximum absolute atomic E-state index is 10.8. The van der Waals surface area contributed by atoms with E-state index in [0.29, 0.717) is 6.42 Å². The third-order valence-corrected chi connectivity index (χ3v) is 1.61. The second kappa shape index (κ2) is 10.7. The first-order valence-corrected chi connectivity index (χ1v) is 4.90. The number of amides is 1. The molecular formula is C10H19N3O2. The normalized spacial score (nSPS) is 11.1. The summed E-state index contributed by atoms with van der Waals surface area (Å²) >= 11 is 0. The number of hydrogen-bond acceptors (Lipinski definition) is 4. The number of nitrogens with one attached hydrogen (secondary N) is 2. The molecule has 1 amide bonds. The van der Waals surface area contributed by atoms with E-state index in [1.807, 2.05) is 0 Å². The molecule has 0 aliphatic carbocycles. The number of methoxy groups -OCH3 is 1. The molecule has 0 atom stereocenters. The Balaban J connectivity index is 3.33. The number of carbonyl (C=O) groups is 1. The summed E-state index contributed by atoms with van der Waals surface area (Å²) in [6.45, 7) is 1.61. The standard InChI is InChI=1S/C10H19N3O2/c1-11-10(14)4-6-13-8-7-12-5-3-9-15-2/h6-8,12H,3-5,9H2,1-2H3,(H,11,14)/b8-7+,13-6-. The van der Waals surface area contributed by atoms with Crippen LogP contribution in [0.25, 0.3) is 0 Å². The largest absolute Gasteiger partial charge is 0.390 e. The number of nitrogens with zero attached hydrogens (tertiary/aromatic N) is 1. The molecule has 0 saturated carbocycles. The van der Waals surface area contributed by atoms with Crippen molar-refractivity contribution < 1.29 is 9.53 Å². The molecule has 0 fully saturated rings. The first-order chi connectivity index (χ1) is 7.31. The van der Waals surface area contributed by atoms with Crippen LogP contribution in [0.15, 0.2) is 17.4 Å². The predicted octanol–water partition coefficient (Wildman–Crippen LogP) is 0.291. The summed E-state index contributed by atoms with van der Waals surface area (Å²) in [6.07, 6.45) is 6.20. The van der Waals surface area contributed by atoms with Crippen molar-refractivity contribution in [2.75, 3.05) is 27.3 Å². The van der Waals surface area contributed by atoms with Gasteiger partial charge in [0.1, 0.15) is 0 Å². The molecule has 0 rings (SSSR count). The molecule has 5 heteroatoms. The lowest BCUT2D eigenvalue weighted by Gasteiger charge is -1.98. The Bertz CT molecular complexity index is 215. The quantitative estimate of drug-likeness (QED) is 0.450. The van der Waals surface area contributed by atoms with Gasteiger partial charge >= 0.3 is 0 Å². The molecule has 0 aromatic carbocycles. The number of hydrogen-bond donors (Lipinski definition) is 2. The van der Waals surface area contributed by atoms with E-state index in [4.69, 9.17) is 4.74 Å². The van der Waals surface area contributed by atoms with Gasteiger partial charge in [-0.25, -0.2) is 0 Å². The molecule has 0 aliphatic rings. The lowest BCUT2D eigenvalue weighted by atomic mass is 10.4. The van der Waals surface area contributed by atoms with Gasteiger partial charge in [-0.15, -0.1) is 0 Å². The molecule has 5 nitrogen and oxygen atoms in total. The van der Waals surface area contributed by atoms with E-state index in [2.05, 4.69) is 15.6 Å². The van der Waals surface area contributed by atoms with Gasteiger partial charge in [0.15, 0.2) is 0 Å². The van der Waals surface area contributed by atoms with Crippen molar-refractivity contribution in [1.29, 1.82) is 0 Å². The summed E-state index contributed by atoms with van der Waals surface area (Å²) in [5.74, 6) is -0.0415. The summed E-state index contributed by atoms with van der Waals surface area (Å²) in [5.41, 5.74) is 0. The molecule has 0 heterocycles. The van der Waals surface area contributed by atoms with Gasteiger partial charge in [-0.1, -0.05) is 0 Å². The van der Waals surface area contributed by atoms with E-state index < -0.39 is 0 Å². The second-order valence-electron chi connectivity index (χ2n) is 2.83. The van der Waals surface area contributed by atoms with E-state index >= 15 is 0 Å². The summed E-state index contributed by atoms with van der Waals surface area (Å²) < 4.78 is 4.89. The van der Waals surface area contributed by atoms with Crippen LogP contribution in [-0.4, -0.2) is 39.4 Å². The van der Waals surface area contributed by atoms with Crippen molar-refractivity contribution >= 4 is 12.1 Å². The fourth-order valence-electron chi connectivity index (χ4n) is 0.796. The fraction of sp³-hybridized carbons (Fsp3) is 0.600. The van der Waals surface area contributed by atoms with Gasteiger partial charge in [0.05, 0.1) is 6.42 Å². The van der Waals surface area contributed by atoms with Crippen LogP contribution in [0.1, 0.15) is 12.8 Å². The molecule has 15 heavy (non-hydrogen) atoms. The van der Waals surface area contributed by atoms with E-state index in [1.54, 1.807) is 32.8 Å². The maximum Gasteiger partial charge on any atom is 0.225 e. The molecule has 0 aliphatic heterocycles. The Kier molecular flexibility index (Phi) is 9.75. The highest BCUT2D eigenvalue weighted by atomic mass is 16.5. The van der Waals surface area contributed by atoms with Crippen LogP contribution in [0.2, 0.25) is 0 Å². The van der Waals surface area contributed by atoms with Gasteiger partial charge in [-0.2, -0.15) is 0 Å². The minimum absolute atomic E-state index is 0.0415. The van der Waals surface area contributed by atoms with Crippen LogP contribution in [0.4, 0.5) is 0 Å². The third kappa shape index (κ3) is 10.6. The number of rotatable bonds is 8. The van der Waals surface area contributed by atoms with Crippen molar-refractivity contribution in [3.63, 3.8) is 0 Å². The van der Waals surface area contributed by atoms with Crippen LogP contribution < -0.4 is 10.6 Å². The molecule has 0 radical (unpaired) electrons. The Hall–Kier alpha value is -1.36. The van der Waals surface area contributed by atoms with Crippen LogP contribution in [0, 0.1) is 0 Å². The maximum atomic E-state index is 10.8. The number of ether oxygens (including phenoxy) is 1. The molecule has 0 aromatic rings. The fourth-order valence-corrected chi connectivity index (χ4v) is 0.796. The molecule has 0 aromatic heterocycles. The van der Waals surface area contributed by atoms with Crippen molar-refractivity contribution in [1.82, 2.24) is 10.6 Å². The van der Waals surface area contributed by atoms with E-state index in [-0.39, 0.29) is 5.91 Å². The minimum Gasteiger partial charge on any atom is -0.390 e. The van der Waals surface area contributed by atoms with Crippen molar-refractivity contribution in [3.8, 4) is 0 Å². The van der Waals surface area contributed by atoms with Gasteiger partial charge in [-0.05, 0) is 6.42 Å². The zero-order chi connectivity index (χ0) is 11.4. The van der Waals surface area contributed by atoms with E-state index in [1.165, 1.54) is 0 Å². The average Bonchev–Trinajstić information content (AvgIpc) is 2.26. The minimum atomic E-state index is -0.0415. The van der Waals surface area contributed by atoms with Crippen LogP contribution in [0.5, 0.6) is 0 Å². The molecule has 0 spiro atoms. The molecule has 2 N–H and O–H groups in total. The lowest BCUT2D eigenvalue weighted by Crippen LogP contribution is -2.17. The molecule has 86 valence electrons. The summed E-state index contributed by atoms with van der Waals surface area (Å²) in [6, 6.07) is 0.